The van der Waals surface area contributed by atoms with Gasteiger partial charge in [0.05, 0.1) is 13.5 Å². The van der Waals surface area contributed by atoms with Crippen LogP contribution < -0.4 is 9.47 Å². The highest BCUT2D eigenvalue weighted by Gasteiger charge is 2.04. The SMILES string of the molecule is COc1ccc(Cc2cccc[n+]2[O-])cc1. The van der Waals surface area contributed by atoms with Gasteiger partial charge in [-0.2, -0.15) is 4.73 Å². The van der Waals surface area contributed by atoms with Crippen molar-refractivity contribution in [3.05, 3.63) is 65.1 Å². The smallest absolute Gasteiger partial charge is 0.197 e. The predicted octanol–water partition coefficient (Wildman–Crippen LogP) is 1.92. The highest BCUT2D eigenvalue weighted by Crippen LogP contribution is 2.13. The van der Waals surface area contributed by atoms with E-state index in [4.69, 9.17) is 4.74 Å². The molecule has 0 unspecified atom stereocenters. The maximum atomic E-state index is 11.4. The van der Waals surface area contributed by atoms with Crippen LogP contribution in [0.3, 0.4) is 0 Å². The molecule has 0 aliphatic rings. The maximum Gasteiger partial charge on any atom is 0.197 e. The van der Waals surface area contributed by atoms with Crippen LogP contribution >= 0.6 is 0 Å². The molecule has 82 valence electrons. The quantitative estimate of drug-likeness (QED) is 0.579. The Bertz CT molecular complexity index is 466. The molecule has 0 saturated heterocycles. The van der Waals surface area contributed by atoms with Crippen LogP contribution in [-0.4, -0.2) is 7.11 Å². The number of hydrogen-bond donors (Lipinski definition) is 0. The second-order valence-corrected chi connectivity index (χ2v) is 3.54. The van der Waals surface area contributed by atoms with Crippen molar-refractivity contribution in [1.82, 2.24) is 0 Å². The van der Waals surface area contributed by atoms with E-state index in [0.29, 0.717) is 6.42 Å². The third-order valence-electron chi connectivity index (χ3n) is 2.45. The molecule has 0 N–H and O–H groups in total. The molecule has 0 atom stereocenters. The van der Waals surface area contributed by atoms with Gasteiger partial charge in [-0.3, -0.25) is 0 Å². The standard InChI is InChI=1S/C13H13NO2/c1-16-13-7-5-11(6-8-13)10-12-4-2-3-9-14(12)15/h2-9H,10H2,1H3. The largest absolute Gasteiger partial charge is 0.618 e. The van der Waals surface area contributed by atoms with Gasteiger partial charge in [-0.1, -0.05) is 18.2 Å². The van der Waals surface area contributed by atoms with Crippen LogP contribution in [0.5, 0.6) is 5.75 Å². The Morgan fingerprint density at radius 2 is 1.88 bits per heavy atom. The van der Waals surface area contributed by atoms with Crippen LogP contribution in [0, 0.1) is 5.21 Å². The van der Waals surface area contributed by atoms with Crippen LogP contribution in [0.25, 0.3) is 0 Å². The minimum atomic E-state index is 0.633. The van der Waals surface area contributed by atoms with Gasteiger partial charge < -0.3 is 9.94 Å². The summed E-state index contributed by atoms with van der Waals surface area (Å²) in [4.78, 5) is 0. The second kappa shape index (κ2) is 4.66. The van der Waals surface area contributed by atoms with Crippen LogP contribution in [0.2, 0.25) is 0 Å². The highest BCUT2D eigenvalue weighted by molar-refractivity contribution is 5.29. The van der Waals surface area contributed by atoms with Gasteiger partial charge >= 0.3 is 0 Å². The number of nitrogens with zero attached hydrogens (tertiary/aromatic N) is 1. The zero-order valence-corrected chi connectivity index (χ0v) is 9.09. The number of pyridine rings is 1. The van der Waals surface area contributed by atoms with E-state index in [1.165, 1.54) is 6.20 Å². The van der Waals surface area contributed by atoms with E-state index in [0.717, 1.165) is 21.7 Å². The first-order valence-electron chi connectivity index (χ1n) is 5.09. The van der Waals surface area contributed by atoms with Crippen LogP contribution in [0.1, 0.15) is 11.3 Å². The lowest BCUT2D eigenvalue weighted by Gasteiger charge is -2.04. The maximum absolute atomic E-state index is 11.4. The molecule has 0 aliphatic heterocycles. The number of methoxy groups -OCH3 is 1. The number of hydrogen-bond acceptors (Lipinski definition) is 2. The molecule has 2 aromatic rings. The molecule has 0 saturated carbocycles. The number of benzene rings is 1. The molecule has 2 rings (SSSR count). The third kappa shape index (κ3) is 2.31. The van der Waals surface area contributed by atoms with E-state index >= 15 is 0 Å². The van der Waals surface area contributed by atoms with Crippen LogP contribution in [0.15, 0.2) is 48.7 Å². The molecule has 3 nitrogen and oxygen atoms in total. The molecule has 0 radical (unpaired) electrons. The van der Waals surface area contributed by atoms with Gasteiger partial charge in [0.15, 0.2) is 11.9 Å². The van der Waals surface area contributed by atoms with Crippen molar-refractivity contribution in [1.29, 1.82) is 0 Å². The molecule has 0 amide bonds. The summed E-state index contributed by atoms with van der Waals surface area (Å²) in [7, 11) is 1.64. The van der Waals surface area contributed by atoms with E-state index in [2.05, 4.69) is 0 Å². The molecule has 1 heterocycles. The fourth-order valence-corrected chi connectivity index (χ4v) is 1.55. The van der Waals surface area contributed by atoms with Crippen LogP contribution in [0.4, 0.5) is 0 Å². The normalized spacial score (nSPS) is 10.1. The average Bonchev–Trinajstić information content (AvgIpc) is 2.33. The summed E-state index contributed by atoms with van der Waals surface area (Å²) in [6.07, 6.45) is 2.15. The Morgan fingerprint density at radius 3 is 2.50 bits per heavy atom. The summed E-state index contributed by atoms with van der Waals surface area (Å²) in [6, 6.07) is 13.1. The van der Waals surface area contributed by atoms with Crippen molar-refractivity contribution in [2.45, 2.75) is 6.42 Å². The zero-order valence-electron chi connectivity index (χ0n) is 9.09. The van der Waals surface area contributed by atoms with Crippen molar-refractivity contribution in [2.75, 3.05) is 7.11 Å². The molecular formula is C13H13NO2. The van der Waals surface area contributed by atoms with Gasteiger partial charge in [-0.15, -0.1) is 0 Å². The molecule has 16 heavy (non-hydrogen) atoms. The van der Waals surface area contributed by atoms with Crippen molar-refractivity contribution in [2.24, 2.45) is 0 Å². The summed E-state index contributed by atoms with van der Waals surface area (Å²) < 4.78 is 5.97. The van der Waals surface area contributed by atoms with E-state index < -0.39 is 0 Å². The summed E-state index contributed by atoms with van der Waals surface area (Å²) in [5, 5.41) is 11.4. The Balaban J connectivity index is 2.18. The first-order valence-corrected chi connectivity index (χ1v) is 5.09. The first-order chi connectivity index (χ1) is 7.79. The summed E-state index contributed by atoms with van der Waals surface area (Å²) in [5.41, 5.74) is 1.84. The molecule has 1 aromatic heterocycles. The predicted molar refractivity (Wildman–Crippen MR) is 61.2 cm³/mol. The third-order valence-corrected chi connectivity index (χ3v) is 2.45. The van der Waals surface area contributed by atoms with E-state index in [1.807, 2.05) is 36.4 Å². The lowest BCUT2D eigenvalue weighted by atomic mass is 10.1. The number of ether oxygens (including phenoxy) is 1. The molecule has 3 heteroatoms. The zero-order chi connectivity index (χ0) is 11.4. The van der Waals surface area contributed by atoms with E-state index in [1.54, 1.807) is 13.2 Å². The van der Waals surface area contributed by atoms with E-state index in [9.17, 15) is 5.21 Å². The van der Waals surface area contributed by atoms with Gasteiger partial charge in [0, 0.05) is 12.1 Å². The molecule has 0 aliphatic carbocycles. The van der Waals surface area contributed by atoms with Gasteiger partial charge in [-0.05, 0) is 17.7 Å². The summed E-state index contributed by atoms with van der Waals surface area (Å²) >= 11 is 0. The number of aromatic nitrogens is 1. The Labute approximate surface area is 94.5 Å². The van der Waals surface area contributed by atoms with Gasteiger partial charge in [0.2, 0.25) is 0 Å². The summed E-state index contributed by atoms with van der Waals surface area (Å²) in [6.45, 7) is 0. The van der Waals surface area contributed by atoms with Crippen molar-refractivity contribution >= 4 is 0 Å². The monoisotopic (exact) mass is 215 g/mol. The Hall–Kier alpha value is -2.03. The fourth-order valence-electron chi connectivity index (χ4n) is 1.55. The lowest BCUT2D eigenvalue weighted by molar-refractivity contribution is -0.613. The van der Waals surface area contributed by atoms with Gasteiger partial charge in [-0.25, -0.2) is 0 Å². The Kier molecular flexibility index (Phi) is 3.05. The van der Waals surface area contributed by atoms with Crippen molar-refractivity contribution < 1.29 is 9.47 Å². The van der Waals surface area contributed by atoms with Crippen molar-refractivity contribution in [3.8, 4) is 5.75 Å². The van der Waals surface area contributed by atoms with Gasteiger partial charge in [0.1, 0.15) is 5.75 Å². The average molecular weight is 215 g/mol. The molecule has 0 spiro atoms. The van der Waals surface area contributed by atoms with Crippen molar-refractivity contribution in [3.63, 3.8) is 0 Å². The Morgan fingerprint density at radius 1 is 1.12 bits per heavy atom. The summed E-state index contributed by atoms with van der Waals surface area (Å²) in [5.74, 6) is 0.826. The highest BCUT2D eigenvalue weighted by atomic mass is 16.5. The minimum Gasteiger partial charge on any atom is -0.618 e. The second-order valence-electron chi connectivity index (χ2n) is 3.54. The van der Waals surface area contributed by atoms with E-state index in [-0.39, 0.29) is 0 Å². The molecule has 1 aromatic carbocycles. The number of rotatable bonds is 3. The fraction of sp³-hybridized carbons (Fsp3) is 0.154. The molecule has 0 bridgehead atoms. The minimum absolute atomic E-state index is 0.633. The van der Waals surface area contributed by atoms with Crippen LogP contribution in [-0.2, 0) is 6.42 Å². The lowest BCUT2D eigenvalue weighted by Crippen LogP contribution is -2.30. The topological polar surface area (TPSA) is 36.2 Å². The first kappa shape index (κ1) is 10.5. The molecule has 0 fully saturated rings. The van der Waals surface area contributed by atoms with Gasteiger partial charge in [0.25, 0.3) is 0 Å². The molecular weight excluding hydrogens is 202 g/mol.